The lowest BCUT2D eigenvalue weighted by atomic mass is 10.3. The Bertz CT molecular complexity index is 1910. The van der Waals surface area contributed by atoms with Gasteiger partial charge in [0.05, 0.1) is 5.30 Å². The zero-order valence-corrected chi connectivity index (χ0v) is 27.7. The maximum Gasteiger partial charge on any atom is 0.458 e. The highest BCUT2D eigenvalue weighted by Crippen LogP contribution is 2.78. The van der Waals surface area contributed by atoms with E-state index in [0.29, 0.717) is 34.1 Å². The molecule has 0 aromatic heterocycles. The van der Waals surface area contributed by atoms with Crippen LogP contribution in [0.3, 0.4) is 0 Å². The molecule has 6 aromatic carbocycles. The summed E-state index contributed by atoms with van der Waals surface area (Å²) in [5, 5.41) is 0.717. The highest BCUT2D eigenvalue weighted by Gasteiger charge is 2.47. The highest BCUT2D eigenvalue weighted by molar-refractivity contribution is 7.83. The maximum atomic E-state index is 6.94. The Balaban J connectivity index is 1.58. The SMILES string of the molecule is c1ccc(OP2(Oc3ccccc3)=NP(Oc3ccccc3)(Oc3ccccc3)=NP(Oc3ccccc3)(c3ccccc3)=N2)cc1. The Labute approximate surface area is 274 Å². The van der Waals surface area contributed by atoms with Gasteiger partial charge in [0, 0.05) is 0 Å². The minimum Gasteiger partial charge on any atom is -0.438 e. The van der Waals surface area contributed by atoms with E-state index in [1.807, 2.05) is 182 Å². The van der Waals surface area contributed by atoms with Crippen molar-refractivity contribution in [1.29, 1.82) is 0 Å². The quantitative estimate of drug-likeness (QED) is 0.127. The molecule has 0 aliphatic carbocycles. The summed E-state index contributed by atoms with van der Waals surface area (Å²) in [5.74, 6) is 2.60. The van der Waals surface area contributed by atoms with Crippen molar-refractivity contribution < 1.29 is 22.6 Å². The van der Waals surface area contributed by atoms with Crippen molar-refractivity contribution in [2.24, 2.45) is 13.5 Å². The molecule has 0 radical (unpaired) electrons. The predicted molar refractivity (Wildman–Crippen MR) is 189 cm³/mol. The van der Waals surface area contributed by atoms with Gasteiger partial charge < -0.3 is 22.6 Å². The van der Waals surface area contributed by atoms with Crippen LogP contribution in [0.1, 0.15) is 0 Å². The number of nitrogens with zero attached hydrogens (tertiary/aromatic N) is 3. The van der Waals surface area contributed by atoms with Crippen LogP contribution in [-0.2, 0) is 0 Å². The first-order valence-corrected chi connectivity index (χ1v) is 19.5. The van der Waals surface area contributed by atoms with E-state index in [4.69, 9.17) is 36.2 Å². The first-order chi connectivity index (χ1) is 23.1. The molecule has 8 nitrogen and oxygen atoms in total. The number of hydrogen-bond acceptors (Lipinski definition) is 8. The Kier molecular flexibility index (Phi) is 8.99. The average molecular weight is 678 g/mol. The topological polar surface area (TPSA) is 83.2 Å². The normalized spacial score (nSPS) is 17.4. The second-order valence-electron chi connectivity index (χ2n) is 10.2. The van der Waals surface area contributed by atoms with Gasteiger partial charge in [-0.1, -0.05) is 114 Å². The van der Waals surface area contributed by atoms with Crippen molar-refractivity contribution in [2.45, 2.75) is 0 Å². The van der Waals surface area contributed by atoms with Crippen LogP contribution < -0.4 is 27.9 Å². The van der Waals surface area contributed by atoms with Crippen molar-refractivity contribution in [3.8, 4) is 28.7 Å². The summed E-state index contributed by atoms with van der Waals surface area (Å²) in [5.41, 5.74) is 0. The van der Waals surface area contributed by atoms with Crippen LogP contribution in [0.25, 0.3) is 0 Å². The second kappa shape index (κ2) is 13.8. The van der Waals surface area contributed by atoms with Crippen LogP contribution in [0.5, 0.6) is 28.7 Å². The van der Waals surface area contributed by atoms with Crippen LogP contribution in [0.15, 0.2) is 196 Å². The smallest absolute Gasteiger partial charge is 0.438 e. The molecule has 6 aromatic rings. The second-order valence-corrected chi connectivity index (χ2v) is 16.8. The van der Waals surface area contributed by atoms with Gasteiger partial charge in [-0.05, 0) is 72.8 Å². The molecule has 0 N–H and O–H groups in total. The van der Waals surface area contributed by atoms with Crippen molar-refractivity contribution in [2.75, 3.05) is 0 Å². The number of para-hydroxylation sites is 5. The molecule has 11 heteroatoms. The van der Waals surface area contributed by atoms with Gasteiger partial charge in [-0.25, -0.2) is 0 Å². The predicted octanol–water partition coefficient (Wildman–Crippen LogP) is 11.6. The zero-order valence-electron chi connectivity index (χ0n) is 25.0. The average Bonchev–Trinajstić information content (AvgIpc) is 3.10. The number of hydrogen-bond donors (Lipinski definition) is 0. The molecule has 47 heavy (non-hydrogen) atoms. The highest BCUT2D eigenvalue weighted by atomic mass is 31.3. The lowest BCUT2D eigenvalue weighted by molar-refractivity contribution is 0.458. The van der Waals surface area contributed by atoms with E-state index in [1.54, 1.807) is 0 Å². The third-order valence-electron chi connectivity index (χ3n) is 6.63. The molecule has 0 spiro atoms. The van der Waals surface area contributed by atoms with E-state index in [9.17, 15) is 0 Å². The Hall–Kier alpha value is -4.99. The van der Waals surface area contributed by atoms with Crippen LogP contribution in [0.2, 0.25) is 0 Å². The molecule has 1 aliphatic heterocycles. The molecule has 234 valence electrons. The van der Waals surface area contributed by atoms with E-state index in [0.717, 1.165) is 0 Å². The summed E-state index contributed by atoms with van der Waals surface area (Å²) in [6.07, 6.45) is 0. The summed E-state index contributed by atoms with van der Waals surface area (Å²) in [4.78, 5) is 0. The summed E-state index contributed by atoms with van der Waals surface area (Å²) in [6, 6.07) is 56.5. The summed E-state index contributed by atoms with van der Waals surface area (Å²) >= 11 is 0. The van der Waals surface area contributed by atoms with E-state index in [-0.39, 0.29) is 0 Å². The van der Waals surface area contributed by atoms with E-state index in [2.05, 4.69) is 0 Å². The van der Waals surface area contributed by atoms with Gasteiger partial charge in [0.1, 0.15) is 28.7 Å². The minimum atomic E-state index is -3.77. The van der Waals surface area contributed by atoms with E-state index < -0.39 is 22.8 Å². The fraction of sp³-hybridized carbons (Fsp3) is 0. The third kappa shape index (κ3) is 7.37. The molecular weight excluding hydrogens is 647 g/mol. The molecule has 1 unspecified atom stereocenters. The van der Waals surface area contributed by atoms with Crippen molar-refractivity contribution in [3.05, 3.63) is 182 Å². The summed E-state index contributed by atoms with van der Waals surface area (Å²) in [6.45, 7) is 0. The Morgan fingerprint density at radius 3 is 0.894 bits per heavy atom. The third-order valence-corrected chi connectivity index (χ3v) is 15.4. The fourth-order valence-corrected chi connectivity index (χ4v) is 14.6. The minimum absolute atomic E-state index is 0.509. The number of benzene rings is 6. The standard InChI is InChI=1S/C36H30N3O5P3/c1-7-19-31(20-8-1)40-45(36-29-17-6-18-30-36)37-46(41-32-21-9-2-10-22-32,42-33-23-11-3-12-24-33)39-47(38-45,43-34-25-13-4-14-26-34)44-35-27-15-5-16-28-35/h1-30H. The van der Waals surface area contributed by atoms with Crippen LogP contribution in [0.4, 0.5) is 0 Å². The molecule has 0 amide bonds. The zero-order chi connectivity index (χ0) is 31.8. The van der Waals surface area contributed by atoms with E-state index in [1.165, 1.54) is 0 Å². The molecule has 0 bridgehead atoms. The molecule has 1 atom stereocenters. The first-order valence-electron chi connectivity index (χ1n) is 14.8. The maximum absolute atomic E-state index is 6.94. The van der Waals surface area contributed by atoms with Gasteiger partial charge in [-0.15, -0.1) is 9.03 Å². The molecular formula is C36H30N3O5P3. The van der Waals surface area contributed by atoms with Crippen LogP contribution in [0, 0.1) is 0 Å². The number of rotatable bonds is 11. The molecule has 1 aliphatic rings. The fourth-order valence-electron chi connectivity index (χ4n) is 4.60. The van der Waals surface area contributed by atoms with Crippen LogP contribution >= 0.6 is 22.8 Å². The molecule has 0 saturated heterocycles. The Morgan fingerprint density at radius 2 is 0.553 bits per heavy atom. The molecule has 0 fully saturated rings. The first kappa shape index (κ1) is 30.7. The van der Waals surface area contributed by atoms with E-state index >= 15 is 0 Å². The summed E-state index contributed by atoms with van der Waals surface area (Å²) < 4.78 is 50.1. The lowest BCUT2D eigenvalue weighted by Gasteiger charge is -2.34. The van der Waals surface area contributed by atoms with Crippen molar-refractivity contribution in [1.82, 2.24) is 0 Å². The van der Waals surface area contributed by atoms with Gasteiger partial charge >= 0.3 is 15.3 Å². The van der Waals surface area contributed by atoms with Crippen molar-refractivity contribution >= 4 is 28.1 Å². The molecule has 0 saturated carbocycles. The van der Waals surface area contributed by atoms with Gasteiger partial charge in [0.2, 0.25) is 0 Å². The van der Waals surface area contributed by atoms with Gasteiger partial charge in [0.25, 0.3) is 7.43 Å². The largest absolute Gasteiger partial charge is 0.458 e. The Morgan fingerprint density at radius 1 is 0.277 bits per heavy atom. The van der Waals surface area contributed by atoms with Crippen LogP contribution in [-0.4, -0.2) is 0 Å². The monoisotopic (exact) mass is 677 g/mol. The van der Waals surface area contributed by atoms with Gasteiger partial charge in [-0.3, -0.25) is 0 Å². The van der Waals surface area contributed by atoms with Gasteiger partial charge in [-0.2, -0.15) is 0 Å². The molecule has 7 rings (SSSR count). The van der Waals surface area contributed by atoms with Crippen molar-refractivity contribution in [3.63, 3.8) is 0 Å². The summed E-state index contributed by atoms with van der Waals surface area (Å²) in [7, 11) is -11.0. The molecule has 1 heterocycles. The van der Waals surface area contributed by atoms with Gasteiger partial charge in [0.15, 0.2) is 0 Å². The lowest BCUT2D eigenvalue weighted by Crippen LogP contribution is -2.14.